The molecule has 2 aliphatic heterocycles. The van der Waals surface area contributed by atoms with Crippen molar-refractivity contribution in [3.63, 3.8) is 0 Å². The molecule has 2 aliphatic rings. The third-order valence-corrected chi connectivity index (χ3v) is 3.47. The second-order valence-corrected chi connectivity index (χ2v) is 4.52. The van der Waals surface area contributed by atoms with Gasteiger partial charge in [-0.15, -0.1) is 0 Å². The Morgan fingerprint density at radius 1 is 1.40 bits per heavy atom. The van der Waals surface area contributed by atoms with Crippen molar-refractivity contribution in [2.75, 3.05) is 6.54 Å². The Hall–Kier alpha value is -0.730. The molecule has 0 aromatic rings. The number of nitriles is 1. The van der Waals surface area contributed by atoms with Gasteiger partial charge in [0, 0.05) is 24.9 Å². The van der Waals surface area contributed by atoms with E-state index in [1.807, 2.05) is 6.07 Å². The largest absolute Gasteiger partial charge is 0.375 e. The molecule has 15 heavy (non-hydrogen) atoms. The molecule has 2 atom stereocenters. The molecular weight excluding hydrogens is 202 g/mol. The molecule has 2 bridgehead atoms. The first-order valence-corrected chi connectivity index (χ1v) is 5.21. The topological polar surface area (TPSA) is 47.3 Å². The van der Waals surface area contributed by atoms with E-state index in [0.717, 1.165) is 12.8 Å². The molecule has 0 saturated carbocycles. The zero-order valence-corrected chi connectivity index (χ0v) is 8.37. The van der Waals surface area contributed by atoms with Crippen LogP contribution in [0, 0.1) is 11.3 Å². The molecule has 5 heteroatoms. The average molecular weight is 216 g/mol. The van der Waals surface area contributed by atoms with Gasteiger partial charge in [0.1, 0.15) is 0 Å². The maximum Gasteiger partial charge on any atom is 0.251 e. The fraction of sp³-hybridized carbons (Fsp3) is 0.900. The first-order valence-electron chi connectivity index (χ1n) is 5.21. The van der Waals surface area contributed by atoms with Crippen LogP contribution < -0.4 is 0 Å². The molecular formula is C10H14F2N2O. The van der Waals surface area contributed by atoms with Crippen LogP contribution in [-0.4, -0.2) is 40.7 Å². The van der Waals surface area contributed by atoms with Crippen molar-refractivity contribution in [1.29, 1.82) is 5.26 Å². The highest BCUT2D eigenvalue weighted by atomic mass is 19.3. The monoisotopic (exact) mass is 216 g/mol. The number of fused-ring (bicyclic) bond motifs is 2. The minimum atomic E-state index is -2.33. The first kappa shape index (κ1) is 10.8. The van der Waals surface area contributed by atoms with E-state index in [4.69, 9.17) is 5.26 Å². The number of aliphatic hydroxyl groups is 1. The molecule has 0 amide bonds. The molecule has 3 nitrogen and oxygen atoms in total. The van der Waals surface area contributed by atoms with Crippen LogP contribution in [0.1, 0.15) is 25.7 Å². The summed E-state index contributed by atoms with van der Waals surface area (Å²) < 4.78 is 24.6. The zero-order chi connectivity index (χ0) is 11.1. The summed E-state index contributed by atoms with van der Waals surface area (Å²) in [5.74, 6) is 0. The Balaban J connectivity index is 2.07. The van der Waals surface area contributed by atoms with Crippen LogP contribution in [0.15, 0.2) is 0 Å². The third-order valence-electron chi connectivity index (χ3n) is 3.47. The molecule has 2 unspecified atom stereocenters. The van der Waals surface area contributed by atoms with E-state index in [1.54, 1.807) is 4.90 Å². The Kier molecular flexibility index (Phi) is 2.65. The molecule has 0 spiro atoms. The summed E-state index contributed by atoms with van der Waals surface area (Å²) in [4.78, 5) is 1.76. The Morgan fingerprint density at radius 2 is 1.93 bits per heavy atom. The van der Waals surface area contributed by atoms with Gasteiger partial charge in [-0.3, -0.25) is 4.90 Å². The molecule has 84 valence electrons. The molecule has 2 heterocycles. The van der Waals surface area contributed by atoms with Gasteiger partial charge in [0.05, 0.1) is 12.6 Å². The van der Waals surface area contributed by atoms with Gasteiger partial charge < -0.3 is 5.11 Å². The Morgan fingerprint density at radius 3 is 2.33 bits per heavy atom. The van der Waals surface area contributed by atoms with E-state index < -0.39 is 12.0 Å². The Bertz CT molecular complexity index is 276. The molecule has 2 rings (SSSR count). The maximum atomic E-state index is 12.3. The summed E-state index contributed by atoms with van der Waals surface area (Å²) in [6.45, 7) is -0.225. The highest BCUT2D eigenvalue weighted by Crippen LogP contribution is 2.40. The normalized spacial score (nSPS) is 40.7. The number of alkyl halides is 2. The van der Waals surface area contributed by atoms with E-state index in [1.165, 1.54) is 0 Å². The van der Waals surface area contributed by atoms with Gasteiger partial charge in [0.15, 0.2) is 5.60 Å². The molecule has 2 fully saturated rings. The predicted molar refractivity (Wildman–Crippen MR) is 49.3 cm³/mol. The highest BCUT2D eigenvalue weighted by Gasteiger charge is 2.48. The van der Waals surface area contributed by atoms with Crippen LogP contribution in [0.5, 0.6) is 0 Å². The minimum absolute atomic E-state index is 0.0394. The lowest BCUT2D eigenvalue weighted by molar-refractivity contribution is -0.0331. The van der Waals surface area contributed by atoms with E-state index in [2.05, 4.69) is 0 Å². The molecule has 2 saturated heterocycles. The quantitative estimate of drug-likeness (QED) is 0.704. The van der Waals surface area contributed by atoms with Crippen LogP contribution in [0.2, 0.25) is 0 Å². The fourth-order valence-electron chi connectivity index (χ4n) is 2.86. The van der Waals surface area contributed by atoms with Gasteiger partial charge in [0.2, 0.25) is 0 Å². The van der Waals surface area contributed by atoms with Gasteiger partial charge in [-0.2, -0.15) is 5.26 Å². The zero-order valence-electron chi connectivity index (χ0n) is 8.37. The van der Waals surface area contributed by atoms with Crippen LogP contribution >= 0.6 is 0 Å². The highest BCUT2D eigenvalue weighted by molar-refractivity contribution is 5.11. The first-order chi connectivity index (χ1) is 7.04. The number of hydrogen-bond acceptors (Lipinski definition) is 3. The van der Waals surface area contributed by atoms with Crippen molar-refractivity contribution in [3.8, 4) is 6.07 Å². The lowest BCUT2D eigenvalue weighted by Crippen LogP contribution is -2.51. The second kappa shape index (κ2) is 3.69. The van der Waals surface area contributed by atoms with Crippen LogP contribution in [-0.2, 0) is 0 Å². The number of piperidine rings is 1. The predicted octanol–water partition coefficient (Wildman–Crippen LogP) is 1.13. The summed E-state index contributed by atoms with van der Waals surface area (Å²) in [5, 5.41) is 18.7. The second-order valence-electron chi connectivity index (χ2n) is 4.52. The van der Waals surface area contributed by atoms with Gasteiger partial charge in [-0.25, -0.2) is 8.78 Å². The summed E-state index contributed by atoms with van der Waals surface area (Å²) in [6, 6.07) is 1.82. The van der Waals surface area contributed by atoms with Crippen molar-refractivity contribution in [1.82, 2.24) is 4.90 Å². The van der Waals surface area contributed by atoms with E-state index in [-0.39, 0.29) is 18.6 Å². The molecule has 0 aliphatic carbocycles. The van der Waals surface area contributed by atoms with Crippen LogP contribution in [0.25, 0.3) is 0 Å². The third kappa shape index (κ3) is 1.97. The van der Waals surface area contributed by atoms with E-state index >= 15 is 0 Å². The van der Waals surface area contributed by atoms with Crippen molar-refractivity contribution < 1.29 is 13.9 Å². The fourth-order valence-corrected chi connectivity index (χ4v) is 2.86. The summed E-state index contributed by atoms with van der Waals surface area (Å²) in [7, 11) is 0. The smallest absolute Gasteiger partial charge is 0.251 e. The number of halogens is 2. The van der Waals surface area contributed by atoms with Gasteiger partial charge in [0.25, 0.3) is 6.43 Å². The summed E-state index contributed by atoms with van der Waals surface area (Å²) in [5.41, 5.74) is -1.29. The van der Waals surface area contributed by atoms with Gasteiger partial charge >= 0.3 is 0 Å². The van der Waals surface area contributed by atoms with Crippen LogP contribution in [0.4, 0.5) is 8.78 Å². The number of hydrogen-bond donors (Lipinski definition) is 1. The minimum Gasteiger partial charge on any atom is -0.375 e. The SMILES string of the molecule is N#CC1(O)CC2CCC(C1)N2CC(F)F. The lowest BCUT2D eigenvalue weighted by Gasteiger charge is -2.40. The Labute approximate surface area is 87.3 Å². The van der Waals surface area contributed by atoms with Crippen molar-refractivity contribution in [2.45, 2.75) is 49.8 Å². The van der Waals surface area contributed by atoms with Crippen molar-refractivity contribution in [3.05, 3.63) is 0 Å². The van der Waals surface area contributed by atoms with Gasteiger partial charge in [-0.05, 0) is 12.8 Å². The average Bonchev–Trinajstić information content (AvgIpc) is 2.43. The molecule has 1 N–H and O–H groups in total. The summed E-state index contributed by atoms with van der Waals surface area (Å²) >= 11 is 0. The molecule has 0 aromatic heterocycles. The number of nitrogens with zero attached hydrogens (tertiary/aromatic N) is 2. The maximum absolute atomic E-state index is 12.3. The lowest BCUT2D eigenvalue weighted by atomic mass is 9.87. The van der Waals surface area contributed by atoms with Crippen molar-refractivity contribution in [2.24, 2.45) is 0 Å². The van der Waals surface area contributed by atoms with E-state index in [9.17, 15) is 13.9 Å². The summed E-state index contributed by atoms with van der Waals surface area (Å²) in [6.07, 6.45) is -0.0660. The van der Waals surface area contributed by atoms with Crippen LogP contribution in [0.3, 0.4) is 0 Å². The number of rotatable bonds is 2. The van der Waals surface area contributed by atoms with Crippen molar-refractivity contribution >= 4 is 0 Å². The standard InChI is InChI=1S/C10H14F2N2O/c11-9(12)5-14-7-1-2-8(14)4-10(15,3-7)6-13/h7-9,15H,1-5H2. The molecule has 0 radical (unpaired) electrons. The van der Waals surface area contributed by atoms with E-state index in [0.29, 0.717) is 12.8 Å². The molecule has 0 aromatic carbocycles. The van der Waals surface area contributed by atoms with Gasteiger partial charge in [-0.1, -0.05) is 0 Å².